The average Bonchev–Trinajstić information content (AvgIpc) is 3.63. The number of imide groups is 1. The van der Waals surface area contributed by atoms with E-state index in [0.29, 0.717) is 17.3 Å². The van der Waals surface area contributed by atoms with Gasteiger partial charge in [0.05, 0.1) is 18.6 Å². The number of rotatable bonds is 7. The smallest absolute Gasteiger partial charge is 0.289 e. The summed E-state index contributed by atoms with van der Waals surface area (Å²) in [6, 6.07) is 19.6. The summed E-state index contributed by atoms with van der Waals surface area (Å²) >= 11 is 0.995. The Hall–Kier alpha value is -4.51. The number of hydrogen-bond acceptors (Lipinski definition) is 8. The zero-order valence-corrected chi connectivity index (χ0v) is 19.0. The third-order valence-corrected chi connectivity index (χ3v) is 6.04. The molecule has 0 atom stereocenters. The third kappa shape index (κ3) is 4.89. The number of carbonyl (C=O) groups is 3. The lowest BCUT2D eigenvalue weighted by molar-refractivity contribution is -0.125. The molecule has 3 amide bonds. The number of amides is 3. The fourth-order valence-corrected chi connectivity index (χ4v) is 4.18. The first-order valence-electron chi connectivity index (χ1n) is 10.6. The van der Waals surface area contributed by atoms with Crippen molar-refractivity contribution >= 4 is 46.3 Å². The molecule has 0 bridgehead atoms. The summed E-state index contributed by atoms with van der Waals surface area (Å²) in [6.45, 7) is 0.188. The largest absolute Gasteiger partial charge is 0.465 e. The third-order valence-electron chi connectivity index (χ3n) is 5.18. The quantitative estimate of drug-likeness (QED) is 0.392. The van der Waals surface area contributed by atoms with Gasteiger partial charge in [0.2, 0.25) is 5.91 Å². The van der Waals surface area contributed by atoms with E-state index in [-0.39, 0.29) is 29.1 Å². The molecule has 3 heterocycles. The highest BCUT2D eigenvalue weighted by atomic mass is 32.2. The number of nitrogens with zero attached hydrogens (tertiary/aromatic N) is 5. The minimum absolute atomic E-state index is 0.151. The summed E-state index contributed by atoms with van der Waals surface area (Å²) in [5.74, 6) is 0.352. The number of aromatic nitrogens is 4. The van der Waals surface area contributed by atoms with Crippen LogP contribution in [0.4, 0.5) is 10.5 Å². The SMILES string of the molecule is O=C(Nc1ccc(CN2C(=O)CSC2=O)cc1)/C(=C/c1ccco1)n1nnnc1-c1ccccc1. The van der Waals surface area contributed by atoms with E-state index in [2.05, 4.69) is 20.8 Å². The Morgan fingerprint density at radius 2 is 1.86 bits per heavy atom. The Bertz CT molecular complexity index is 1380. The first kappa shape index (κ1) is 22.3. The van der Waals surface area contributed by atoms with E-state index in [1.165, 1.54) is 15.8 Å². The zero-order chi connectivity index (χ0) is 24.2. The molecule has 10 nitrogen and oxygen atoms in total. The van der Waals surface area contributed by atoms with Gasteiger partial charge < -0.3 is 9.73 Å². The van der Waals surface area contributed by atoms with Crippen molar-refractivity contribution in [1.82, 2.24) is 25.1 Å². The molecule has 5 rings (SSSR count). The standard InChI is InChI=1S/C24H18N6O4S/c31-21-15-35-24(33)29(21)14-16-8-10-18(11-9-16)25-23(32)20(13-19-7-4-12-34-19)30-22(26-27-28-30)17-5-2-1-3-6-17/h1-13H,14-15H2,(H,25,32)/b20-13-. The van der Waals surface area contributed by atoms with Gasteiger partial charge in [-0.3, -0.25) is 19.3 Å². The predicted octanol–water partition coefficient (Wildman–Crippen LogP) is 3.77. The Morgan fingerprint density at radius 1 is 1.06 bits per heavy atom. The van der Waals surface area contributed by atoms with Crippen LogP contribution in [-0.2, 0) is 16.1 Å². The molecule has 1 N–H and O–H groups in total. The molecule has 1 saturated heterocycles. The normalized spacial score (nSPS) is 13.9. The van der Waals surface area contributed by atoms with E-state index in [9.17, 15) is 14.4 Å². The molecule has 0 radical (unpaired) electrons. The topological polar surface area (TPSA) is 123 Å². The molecule has 2 aromatic carbocycles. The van der Waals surface area contributed by atoms with Gasteiger partial charge in [-0.1, -0.05) is 54.2 Å². The van der Waals surface area contributed by atoms with Crippen LogP contribution in [0.25, 0.3) is 23.2 Å². The number of nitrogens with one attached hydrogen (secondary N) is 1. The molecular formula is C24H18N6O4S. The molecule has 174 valence electrons. The van der Waals surface area contributed by atoms with Crippen LogP contribution in [0.3, 0.4) is 0 Å². The lowest BCUT2D eigenvalue weighted by Gasteiger charge is -2.14. The number of benzene rings is 2. The highest BCUT2D eigenvalue weighted by Crippen LogP contribution is 2.24. The Morgan fingerprint density at radius 3 is 2.54 bits per heavy atom. The highest BCUT2D eigenvalue weighted by Gasteiger charge is 2.29. The summed E-state index contributed by atoms with van der Waals surface area (Å²) in [5.41, 5.74) is 2.18. The second-order valence-electron chi connectivity index (χ2n) is 7.51. The van der Waals surface area contributed by atoms with Crippen LogP contribution in [0, 0.1) is 0 Å². The summed E-state index contributed by atoms with van der Waals surface area (Å²) < 4.78 is 6.76. The molecule has 4 aromatic rings. The second-order valence-corrected chi connectivity index (χ2v) is 8.44. The van der Waals surface area contributed by atoms with Gasteiger partial charge in [0, 0.05) is 17.3 Å². The number of tetrazole rings is 1. The monoisotopic (exact) mass is 486 g/mol. The summed E-state index contributed by atoms with van der Waals surface area (Å²) in [7, 11) is 0. The van der Waals surface area contributed by atoms with Crippen LogP contribution < -0.4 is 5.32 Å². The highest BCUT2D eigenvalue weighted by molar-refractivity contribution is 8.14. The zero-order valence-electron chi connectivity index (χ0n) is 18.2. The molecule has 35 heavy (non-hydrogen) atoms. The molecule has 0 saturated carbocycles. The summed E-state index contributed by atoms with van der Waals surface area (Å²) in [6.07, 6.45) is 3.06. The number of thioether (sulfide) groups is 1. The maximum Gasteiger partial charge on any atom is 0.289 e. The maximum atomic E-state index is 13.3. The van der Waals surface area contributed by atoms with Gasteiger partial charge in [0.15, 0.2) is 5.82 Å². The van der Waals surface area contributed by atoms with E-state index in [0.717, 1.165) is 22.9 Å². The Kier molecular flexibility index (Phi) is 6.22. The van der Waals surface area contributed by atoms with E-state index < -0.39 is 5.91 Å². The summed E-state index contributed by atoms with van der Waals surface area (Å²) in [5, 5.41) is 14.5. The van der Waals surface area contributed by atoms with Crippen LogP contribution in [0.15, 0.2) is 77.4 Å². The average molecular weight is 487 g/mol. The van der Waals surface area contributed by atoms with Crippen molar-refractivity contribution in [3.63, 3.8) is 0 Å². The van der Waals surface area contributed by atoms with Crippen LogP contribution in [0.1, 0.15) is 11.3 Å². The van der Waals surface area contributed by atoms with Crippen molar-refractivity contribution in [1.29, 1.82) is 0 Å². The van der Waals surface area contributed by atoms with E-state index in [4.69, 9.17) is 4.42 Å². The Balaban J connectivity index is 1.39. The fourth-order valence-electron chi connectivity index (χ4n) is 3.45. The molecule has 0 unspecified atom stereocenters. The predicted molar refractivity (Wildman–Crippen MR) is 130 cm³/mol. The van der Waals surface area contributed by atoms with Crippen LogP contribution in [-0.4, -0.2) is 47.9 Å². The fraction of sp³-hybridized carbons (Fsp3) is 0.0833. The molecule has 1 fully saturated rings. The van der Waals surface area contributed by atoms with Crippen molar-refractivity contribution in [2.75, 3.05) is 11.1 Å². The maximum absolute atomic E-state index is 13.3. The molecular weight excluding hydrogens is 468 g/mol. The minimum Gasteiger partial charge on any atom is -0.465 e. The minimum atomic E-state index is -0.458. The number of carbonyl (C=O) groups excluding carboxylic acids is 3. The van der Waals surface area contributed by atoms with E-state index >= 15 is 0 Å². The van der Waals surface area contributed by atoms with Crippen LogP contribution >= 0.6 is 11.8 Å². The Labute approximate surface area is 203 Å². The van der Waals surface area contributed by atoms with Crippen LogP contribution in [0.5, 0.6) is 0 Å². The number of hydrogen-bond donors (Lipinski definition) is 1. The van der Waals surface area contributed by atoms with Gasteiger partial charge in [0.1, 0.15) is 11.5 Å². The van der Waals surface area contributed by atoms with Crippen molar-refractivity contribution in [3.8, 4) is 11.4 Å². The van der Waals surface area contributed by atoms with Gasteiger partial charge in [-0.2, -0.15) is 4.68 Å². The van der Waals surface area contributed by atoms with Crippen molar-refractivity contribution in [2.24, 2.45) is 0 Å². The lowest BCUT2D eigenvalue weighted by atomic mass is 10.2. The molecule has 1 aliphatic rings. The summed E-state index contributed by atoms with van der Waals surface area (Å²) in [4.78, 5) is 38.2. The molecule has 2 aromatic heterocycles. The first-order valence-corrected chi connectivity index (χ1v) is 11.5. The molecule has 1 aliphatic heterocycles. The van der Waals surface area contributed by atoms with Gasteiger partial charge >= 0.3 is 0 Å². The second kappa shape index (κ2) is 9.77. The van der Waals surface area contributed by atoms with E-state index in [1.54, 1.807) is 42.5 Å². The van der Waals surface area contributed by atoms with Crippen molar-refractivity contribution in [3.05, 3.63) is 84.3 Å². The van der Waals surface area contributed by atoms with Crippen molar-refractivity contribution < 1.29 is 18.8 Å². The number of furan rings is 1. The first-order chi connectivity index (χ1) is 17.1. The molecule has 11 heteroatoms. The van der Waals surface area contributed by atoms with Crippen LogP contribution in [0.2, 0.25) is 0 Å². The van der Waals surface area contributed by atoms with Crippen molar-refractivity contribution in [2.45, 2.75) is 6.54 Å². The number of anilines is 1. The lowest BCUT2D eigenvalue weighted by Crippen LogP contribution is -2.27. The van der Waals surface area contributed by atoms with Gasteiger partial charge in [-0.25, -0.2) is 0 Å². The van der Waals surface area contributed by atoms with Gasteiger partial charge in [0.25, 0.3) is 11.1 Å². The van der Waals surface area contributed by atoms with Gasteiger partial charge in [-0.05, 0) is 40.3 Å². The van der Waals surface area contributed by atoms with Gasteiger partial charge in [-0.15, -0.1) is 5.10 Å². The molecule has 0 aliphatic carbocycles. The molecule has 0 spiro atoms. The van der Waals surface area contributed by atoms with E-state index in [1.807, 2.05) is 30.3 Å².